The van der Waals surface area contributed by atoms with Crippen molar-refractivity contribution in [1.82, 2.24) is 5.32 Å². The fourth-order valence-corrected chi connectivity index (χ4v) is 2.24. The van der Waals surface area contributed by atoms with Crippen molar-refractivity contribution in [3.63, 3.8) is 0 Å². The molecule has 0 aliphatic heterocycles. The van der Waals surface area contributed by atoms with Gasteiger partial charge in [0, 0.05) is 5.41 Å². The van der Waals surface area contributed by atoms with Crippen LogP contribution in [-0.2, 0) is 9.59 Å². The Labute approximate surface area is 130 Å². The highest BCUT2D eigenvalue weighted by Gasteiger charge is 2.37. The van der Waals surface area contributed by atoms with Gasteiger partial charge in [-0.3, -0.25) is 14.9 Å². The van der Waals surface area contributed by atoms with E-state index in [-0.39, 0.29) is 23.0 Å². The molecule has 0 saturated carbocycles. The van der Waals surface area contributed by atoms with Crippen LogP contribution in [0.5, 0.6) is 0 Å². The molecule has 2 atom stereocenters. The van der Waals surface area contributed by atoms with E-state index in [1.54, 1.807) is 6.92 Å². The number of Topliss-reactive ketones (excluding diaryl/α,β-unsaturated/α-hetero) is 2. The summed E-state index contributed by atoms with van der Waals surface area (Å²) in [5.74, 6) is 0.277. The predicted molar refractivity (Wildman–Crippen MR) is 88.3 cm³/mol. The van der Waals surface area contributed by atoms with E-state index in [2.05, 4.69) is 5.32 Å². The third-order valence-corrected chi connectivity index (χ3v) is 4.79. The molecule has 0 saturated heterocycles. The van der Waals surface area contributed by atoms with Crippen molar-refractivity contribution in [2.45, 2.75) is 85.2 Å². The maximum atomic E-state index is 12.8. The Balaban J connectivity index is 5.14. The number of hydrogen-bond donors (Lipinski definition) is 2. The molecule has 0 bridgehead atoms. The van der Waals surface area contributed by atoms with Gasteiger partial charge in [-0.25, -0.2) is 0 Å². The summed E-state index contributed by atoms with van der Waals surface area (Å²) in [5, 5.41) is 3.34. The minimum absolute atomic E-state index is 0.0796. The van der Waals surface area contributed by atoms with Gasteiger partial charge in [0.05, 0.1) is 11.6 Å². The number of ketones is 2. The van der Waals surface area contributed by atoms with Crippen LogP contribution in [0.3, 0.4) is 0 Å². The Kier molecular flexibility index (Phi) is 8.34. The molecule has 4 heteroatoms. The van der Waals surface area contributed by atoms with E-state index in [0.717, 1.165) is 25.7 Å². The molecule has 0 spiro atoms. The van der Waals surface area contributed by atoms with E-state index < -0.39 is 5.54 Å². The number of carbonyl (C=O) groups excluding carboxylic acids is 2. The summed E-state index contributed by atoms with van der Waals surface area (Å²) in [6, 6.07) is -0.277. The monoisotopic (exact) mass is 298 g/mol. The standard InChI is InChI=1S/C17H34N2O2/c1-7-16(4,5)15(21)14(11-9-10-12-18)19-17(6,8-2)13(3)20/h14,19H,7-12,18H2,1-6H3. The van der Waals surface area contributed by atoms with E-state index in [0.29, 0.717) is 13.0 Å². The zero-order chi connectivity index (χ0) is 16.7. The zero-order valence-electron chi connectivity index (χ0n) is 14.7. The van der Waals surface area contributed by atoms with Crippen LogP contribution in [0.2, 0.25) is 0 Å². The molecular weight excluding hydrogens is 264 g/mol. The number of carbonyl (C=O) groups is 2. The van der Waals surface area contributed by atoms with Crippen LogP contribution in [0.25, 0.3) is 0 Å². The Bertz CT molecular complexity index is 353. The minimum atomic E-state index is -0.632. The summed E-state index contributed by atoms with van der Waals surface area (Å²) in [6.07, 6.45) is 4.01. The molecule has 3 N–H and O–H groups in total. The number of nitrogens with two attached hydrogens (primary N) is 1. The largest absolute Gasteiger partial charge is 0.330 e. The SMILES string of the molecule is CCC(C)(C)C(=O)C(CCCCN)NC(C)(CC)C(C)=O. The molecule has 0 amide bonds. The van der Waals surface area contributed by atoms with Gasteiger partial charge in [0.25, 0.3) is 0 Å². The molecule has 0 aromatic heterocycles. The van der Waals surface area contributed by atoms with Gasteiger partial charge in [0.2, 0.25) is 0 Å². The Morgan fingerprint density at radius 2 is 1.67 bits per heavy atom. The zero-order valence-corrected chi connectivity index (χ0v) is 14.7. The maximum Gasteiger partial charge on any atom is 0.155 e. The Morgan fingerprint density at radius 3 is 2.05 bits per heavy atom. The van der Waals surface area contributed by atoms with Gasteiger partial charge in [-0.05, 0) is 46.1 Å². The van der Waals surface area contributed by atoms with Crippen LogP contribution in [0, 0.1) is 5.41 Å². The van der Waals surface area contributed by atoms with E-state index in [9.17, 15) is 9.59 Å². The van der Waals surface area contributed by atoms with Crippen molar-refractivity contribution in [3.05, 3.63) is 0 Å². The van der Waals surface area contributed by atoms with Crippen molar-refractivity contribution < 1.29 is 9.59 Å². The molecule has 21 heavy (non-hydrogen) atoms. The molecular formula is C17H34N2O2. The lowest BCUT2D eigenvalue weighted by atomic mass is 9.79. The summed E-state index contributed by atoms with van der Waals surface area (Å²) in [6.45, 7) is 12.1. The minimum Gasteiger partial charge on any atom is -0.330 e. The van der Waals surface area contributed by atoms with E-state index in [1.165, 1.54) is 0 Å². The first-order valence-corrected chi connectivity index (χ1v) is 8.17. The average Bonchev–Trinajstić information content (AvgIpc) is 2.45. The van der Waals surface area contributed by atoms with E-state index in [1.807, 2.05) is 34.6 Å². The predicted octanol–water partition coefficient (Wildman–Crippen LogP) is 2.84. The van der Waals surface area contributed by atoms with Crippen LogP contribution >= 0.6 is 0 Å². The highest BCUT2D eigenvalue weighted by molar-refractivity contribution is 5.91. The van der Waals surface area contributed by atoms with Crippen LogP contribution in [0.1, 0.15) is 73.6 Å². The fourth-order valence-electron chi connectivity index (χ4n) is 2.24. The molecule has 0 aliphatic rings. The lowest BCUT2D eigenvalue weighted by Crippen LogP contribution is -2.57. The lowest BCUT2D eigenvalue weighted by molar-refractivity contribution is -0.131. The summed E-state index contributed by atoms with van der Waals surface area (Å²) >= 11 is 0. The number of nitrogens with one attached hydrogen (secondary N) is 1. The molecule has 2 unspecified atom stereocenters. The Morgan fingerprint density at radius 1 is 1.10 bits per heavy atom. The summed E-state index contributed by atoms with van der Waals surface area (Å²) in [5.41, 5.74) is 4.54. The van der Waals surface area contributed by atoms with Crippen LogP contribution in [0.15, 0.2) is 0 Å². The average molecular weight is 298 g/mol. The topological polar surface area (TPSA) is 72.2 Å². The molecule has 0 aromatic carbocycles. The number of hydrogen-bond acceptors (Lipinski definition) is 4. The number of unbranched alkanes of at least 4 members (excludes halogenated alkanes) is 1. The van der Waals surface area contributed by atoms with Crippen molar-refractivity contribution in [2.24, 2.45) is 11.1 Å². The normalized spacial score (nSPS) is 16.3. The maximum absolute atomic E-state index is 12.8. The fraction of sp³-hybridized carbons (Fsp3) is 0.882. The van der Waals surface area contributed by atoms with Gasteiger partial charge in [-0.1, -0.05) is 34.1 Å². The van der Waals surface area contributed by atoms with E-state index >= 15 is 0 Å². The van der Waals surface area contributed by atoms with Gasteiger partial charge >= 0.3 is 0 Å². The highest BCUT2D eigenvalue weighted by Crippen LogP contribution is 2.26. The van der Waals surface area contributed by atoms with E-state index in [4.69, 9.17) is 5.73 Å². The molecule has 124 valence electrons. The van der Waals surface area contributed by atoms with Gasteiger partial charge in [-0.2, -0.15) is 0 Å². The van der Waals surface area contributed by atoms with Gasteiger partial charge in [-0.15, -0.1) is 0 Å². The summed E-state index contributed by atoms with van der Waals surface area (Å²) in [7, 11) is 0. The first-order valence-electron chi connectivity index (χ1n) is 8.17. The lowest BCUT2D eigenvalue weighted by Gasteiger charge is -2.35. The summed E-state index contributed by atoms with van der Waals surface area (Å²) < 4.78 is 0. The Hall–Kier alpha value is -0.740. The van der Waals surface area contributed by atoms with Gasteiger partial charge in [0.1, 0.15) is 5.78 Å². The molecule has 0 heterocycles. The van der Waals surface area contributed by atoms with Gasteiger partial charge in [0.15, 0.2) is 5.78 Å². The third kappa shape index (κ3) is 5.87. The second kappa shape index (κ2) is 8.64. The smallest absolute Gasteiger partial charge is 0.155 e. The van der Waals surface area contributed by atoms with Crippen molar-refractivity contribution in [2.75, 3.05) is 6.54 Å². The van der Waals surface area contributed by atoms with Crippen LogP contribution < -0.4 is 11.1 Å². The first kappa shape index (κ1) is 20.3. The molecule has 0 aliphatic carbocycles. The third-order valence-electron chi connectivity index (χ3n) is 4.79. The van der Waals surface area contributed by atoms with Crippen molar-refractivity contribution >= 4 is 11.6 Å². The quantitative estimate of drug-likeness (QED) is 0.575. The van der Waals surface area contributed by atoms with Crippen molar-refractivity contribution in [1.29, 1.82) is 0 Å². The summed E-state index contributed by atoms with van der Waals surface area (Å²) in [4.78, 5) is 24.7. The first-order chi connectivity index (χ1) is 9.64. The molecule has 0 fully saturated rings. The molecule has 0 aromatic rings. The highest BCUT2D eigenvalue weighted by atomic mass is 16.1. The number of rotatable bonds is 11. The van der Waals surface area contributed by atoms with Gasteiger partial charge < -0.3 is 5.73 Å². The molecule has 0 rings (SSSR count). The van der Waals surface area contributed by atoms with Crippen molar-refractivity contribution in [3.8, 4) is 0 Å². The van der Waals surface area contributed by atoms with Crippen LogP contribution in [0.4, 0.5) is 0 Å². The second-order valence-corrected chi connectivity index (χ2v) is 6.82. The second-order valence-electron chi connectivity index (χ2n) is 6.82. The van der Waals surface area contributed by atoms with Crippen LogP contribution in [-0.4, -0.2) is 29.7 Å². The molecule has 4 nitrogen and oxygen atoms in total. The molecule has 0 radical (unpaired) electrons.